The van der Waals surface area contributed by atoms with Crippen LogP contribution < -0.4 is 5.06 Å². The number of nitrogens with zero attached hydrogens (tertiary/aromatic N) is 4. The molecule has 7 heteroatoms. The van der Waals surface area contributed by atoms with E-state index in [0.717, 1.165) is 0 Å². The fourth-order valence-electron chi connectivity index (χ4n) is 0.446. The molecule has 11 heavy (non-hydrogen) atoms. The Labute approximate surface area is 67.2 Å². The molecular formula is C4H4N4O2S. The van der Waals surface area contributed by atoms with Crippen molar-refractivity contribution in [3.8, 4) is 0 Å². The third-order valence-electron chi connectivity index (χ3n) is 0.887. The van der Waals surface area contributed by atoms with Crippen LogP contribution in [0, 0.1) is 0 Å². The van der Waals surface area contributed by atoms with Crippen LogP contribution in [0.25, 0.3) is 0 Å². The van der Waals surface area contributed by atoms with Gasteiger partial charge in [-0.2, -0.15) is 5.06 Å². The van der Waals surface area contributed by atoms with Gasteiger partial charge in [0.1, 0.15) is 0 Å². The minimum absolute atomic E-state index is 0.0139. The van der Waals surface area contributed by atoms with E-state index in [9.17, 15) is 4.79 Å². The SMILES string of the molecule is O=C(S)N(O)c1ccnnn1. The molecule has 0 saturated carbocycles. The molecule has 1 amide bonds. The van der Waals surface area contributed by atoms with Gasteiger partial charge in [-0.25, -0.2) is 0 Å². The third-order valence-corrected chi connectivity index (χ3v) is 1.08. The highest BCUT2D eigenvalue weighted by Crippen LogP contribution is 2.05. The summed E-state index contributed by atoms with van der Waals surface area (Å²) in [7, 11) is 0. The summed E-state index contributed by atoms with van der Waals surface area (Å²) in [6.45, 7) is 0. The molecule has 58 valence electrons. The van der Waals surface area contributed by atoms with E-state index in [-0.39, 0.29) is 10.9 Å². The number of rotatable bonds is 1. The van der Waals surface area contributed by atoms with Crippen molar-refractivity contribution in [2.24, 2.45) is 0 Å². The van der Waals surface area contributed by atoms with Crippen LogP contribution in [0.15, 0.2) is 12.3 Å². The van der Waals surface area contributed by atoms with Gasteiger partial charge in [0.25, 0.3) is 0 Å². The zero-order valence-electron chi connectivity index (χ0n) is 5.25. The minimum Gasteiger partial charge on any atom is -0.279 e. The van der Waals surface area contributed by atoms with Crippen LogP contribution in [0.3, 0.4) is 0 Å². The van der Waals surface area contributed by atoms with E-state index in [0.29, 0.717) is 0 Å². The van der Waals surface area contributed by atoms with Crippen LogP contribution in [0.5, 0.6) is 0 Å². The van der Waals surface area contributed by atoms with Gasteiger partial charge in [-0.05, 0) is 5.21 Å². The summed E-state index contributed by atoms with van der Waals surface area (Å²) in [5, 5.41) is 18.2. The number of amides is 1. The lowest BCUT2D eigenvalue weighted by Gasteiger charge is -2.07. The van der Waals surface area contributed by atoms with Crippen LogP contribution in [-0.2, 0) is 0 Å². The first-order valence-corrected chi connectivity index (χ1v) is 3.03. The van der Waals surface area contributed by atoms with Gasteiger partial charge in [-0.1, -0.05) is 12.6 Å². The molecule has 1 heterocycles. The van der Waals surface area contributed by atoms with Crippen molar-refractivity contribution in [2.45, 2.75) is 0 Å². The normalized spacial score (nSPS) is 9.27. The number of thiol groups is 1. The molecule has 1 aromatic heterocycles. The molecule has 0 aliphatic rings. The van der Waals surface area contributed by atoms with Gasteiger partial charge < -0.3 is 0 Å². The molecule has 0 atom stereocenters. The second-order valence-corrected chi connectivity index (χ2v) is 1.96. The standard InChI is InChI=1S/C4H4N4O2S/c9-4(11)8(10)3-1-2-5-7-6-3/h1-2,10H,(H,9,11). The number of hydrogen-bond donors (Lipinski definition) is 2. The van der Waals surface area contributed by atoms with Crippen LogP contribution in [0.2, 0.25) is 0 Å². The summed E-state index contributed by atoms with van der Waals surface area (Å²) >= 11 is 3.35. The first-order valence-electron chi connectivity index (χ1n) is 2.58. The fraction of sp³-hybridized carbons (Fsp3) is 0. The molecule has 0 radical (unpaired) electrons. The van der Waals surface area contributed by atoms with Crippen molar-refractivity contribution in [3.63, 3.8) is 0 Å². The second-order valence-electron chi connectivity index (χ2n) is 1.57. The predicted molar refractivity (Wildman–Crippen MR) is 38.5 cm³/mol. The molecule has 0 aliphatic carbocycles. The molecule has 1 rings (SSSR count). The topological polar surface area (TPSA) is 79.2 Å². The van der Waals surface area contributed by atoms with Gasteiger partial charge >= 0.3 is 5.24 Å². The highest BCUT2D eigenvalue weighted by molar-refractivity contribution is 7.96. The highest BCUT2D eigenvalue weighted by atomic mass is 32.1. The van der Waals surface area contributed by atoms with Crippen molar-refractivity contribution in [1.82, 2.24) is 15.4 Å². The molecule has 0 spiro atoms. The maximum absolute atomic E-state index is 10.4. The number of hydrogen-bond acceptors (Lipinski definition) is 5. The second kappa shape index (κ2) is 3.26. The third kappa shape index (κ3) is 1.85. The largest absolute Gasteiger partial charge is 0.308 e. The lowest BCUT2D eigenvalue weighted by atomic mass is 10.6. The summed E-state index contributed by atoms with van der Waals surface area (Å²) in [4.78, 5) is 10.4. The first kappa shape index (κ1) is 7.89. The summed E-state index contributed by atoms with van der Waals surface area (Å²) in [5.74, 6) is -0.0139. The molecule has 0 aromatic carbocycles. The van der Waals surface area contributed by atoms with Gasteiger partial charge in [0.15, 0.2) is 5.82 Å². The Morgan fingerprint density at radius 3 is 2.91 bits per heavy atom. The van der Waals surface area contributed by atoms with Crippen molar-refractivity contribution in [1.29, 1.82) is 0 Å². The number of hydroxylamine groups is 1. The Morgan fingerprint density at radius 1 is 1.73 bits per heavy atom. The zero-order valence-corrected chi connectivity index (χ0v) is 6.14. The molecule has 0 bridgehead atoms. The number of carbonyl (C=O) groups is 1. The maximum atomic E-state index is 10.4. The van der Waals surface area contributed by atoms with E-state index in [1.165, 1.54) is 12.3 Å². The van der Waals surface area contributed by atoms with Crippen molar-refractivity contribution < 1.29 is 10.0 Å². The van der Waals surface area contributed by atoms with Gasteiger partial charge in [0, 0.05) is 6.07 Å². The van der Waals surface area contributed by atoms with Crippen LogP contribution in [0.4, 0.5) is 10.6 Å². The Hall–Kier alpha value is -1.21. The molecule has 0 unspecified atom stereocenters. The smallest absolute Gasteiger partial charge is 0.279 e. The molecule has 0 fully saturated rings. The highest BCUT2D eigenvalue weighted by Gasteiger charge is 2.09. The first-order chi connectivity index (χ1) is 5.22. The van der Waals surface area contributed by atoms with Crippen LogP contribution in [0.1, 0.15) is 0 Å². The molecule has 1 aromatic rings. The van der Waals surface area contributed by atoms with Crippen LogP contribution >= 0.6 is 12.6 Å². The quantitative estimate of drug-likeness (QED) is 0.357. The summed E-state index contributed by atoms with van der Waals surface area (Å²) in [6, 6.07) is 1.32. The predicted octanol–water partition coefficient (Wildman–Crippen LogP) is 0.117. The summed E-state index contributed by atoms with van der Waals surface area (Å²) in [5.41, 5.74) is 0. The lowest BCUT2D eigenvalue weighted by molar-refractivity contribution is 0.223. The number of aromatic nitrogens is 3. The summed E-state index contributed by atoms with van der Waals surface area (Å²) in [6.07, 6.45) is 1.29. The Kier molecular flexibility index (Phi) is 2.34. The van der Waals surface area contributed by atoms with Gasteiger partial charge in [-0.15, -0.1) is 10.2 Å². The van der Waals surface area contributed by atoms with E-state index in [2.05, 4.69) is 28.0 Å². The molecule has 0 saturated heterocycles. The van der Waals surface area contributed by atoms with E-state index in [1.54, 1.807) is 0 Å². The maximum Gasteiger partial charge on any atom is 0.308 e. The molecule has 1 N–H and O–H groups in total. The molecule has 0 aliphatic heterocycles. The molecular weight excluding hydrogens is 168 g/mol. The van der Waals surface area contributed by atoms with Crippen molar-refractivity contribution in [3.05, 3.63) is 12.3 Å². The summed E-state index contributed by atoms with van der Waals surface area (Å²) < 4.78 is 0. The monoisotopic (exact) mass is 172 g/mol. The number of carbonyl (C=O) groups excluding carboxylic acids is 1. The number of anilines is 1. The van der Waals surface area contributed by atoms with E-state index < -0.39 is 5.24 Å². The van der Waals surface area contributed by atoms with Crippen molar-refractivity contribution >= 4 is 23.7 Å². The Morgan fingerprint density at radius 2 is 2.45 bits per heavy atom. The Balaban J connectivity index is 2.85. The van der Waals surface area contributed by atoms with Gasteiger partial charge in [0.2, 0.25) is 0 Å². The van der Waals surface area contributed by atoms with Gasteiger partial charge in [0.05, 0.1) is 6.20 Å². The van der Waals surface area contributed by atoms with E-state index in [1.807, 2.05) is 0 Å². The fourth-order valence-corrected chi connectivity index (χ4v) is 0.548. The van der Waals surface area contributed by atoms with E-state index in [4.69, 9.17) is 5.21 Å². The molecule has 6 nitrogen and oxygen atoms in total. The minimum atomic E-state index is -0.828. The van der Waals surface area contributed by atoms with Crippen molar-refractivity contribution in [2.75, 3.05) is 5.06 Å². The lowest BCUT2D eigenvalue weighted by Crippen LogP contribution is -2.22. The van der Waals surface area contributed by atoms with Crippen LogP contribution in [-0.4, -0.2) is 25.9 Å². The zero-order chi connectivity index (χ0) is 8.27. The Bertz CT molecular complexity index is 254. The average Bonchev–Trinajstić information content (AvgIpc) is 2.05. The van der Waals surface area contributed by atoms with E-state index >= 15 is 0 Å². The van der Waals surface area contributed by atoms with Gasteiger partial charge in [-0.3, -0.25) is 10.0 Å². The average molecular weight is 172 g/mol.